The van der Waals surface area contributed by atoms with Gasteiger partial charge in [-0.2, -0.15) is 0 Å². The summed E-state index contributed by atoms with van der Waals surface area (Å²) in [5, 5.41) is 13.3. The van der Waals surface area contributed by atoms with Crippen LogP contribution in [0.4, 0.5) is 0 Å². The first-order valence-electron chi connectivity index (χ1n) is 11.2. The third-order valence-electron chi connectivity index (χ3n) is 5.51. The lowest BCUT2D eigenvalue weighted by Gasteiger charge is -2.25. The summed E-state index contributed by atoms with van der Waals surface area (Å²) in [5.74, 6) is -0.482. The van der Waals surface area contributed by atoms with Gasteiger partial charge in [-0.3, -0.25) is 9.59 Å². The molecule has 1 aliphatic rings. The van der Waals surface area contributed by atoms with Crippen molar-refractivity contribution in [2.24, 2.45) is 0 Å². The number of aliphatic hydroxyl groups excluding tert-OH is 1. The largest absolute Gasteiger partial charge is 0.507 e. The van der Waals surface area contributed by atoms with Crippen LogP contribution >= 0.6 is 11.3 Å². The Morgan fingerprint density at radius 2 is 1.88 bits per heavy atom. The van der Waals surface area contributed by atoms with Gasteiger partial charge in [0.1, 0.15) is 17.3 Å². The number of hydrogen-bond acceptors (Lipinski definition) is 7. The highest BCUT2D eigenvalue weighted by Crippen LogP contribution is 2.44. The van der Waals surface area contributed by atoms with Crippen molar-refractivity contribution in [3.05, 3.63) is 51.2 Å². The predicted molar refractivity (Wildman–Crippen MR) is 130 cm³/mol. The summed E-state index contributed by atoms with van der Waals surface area (Å²) in [6, 6.07) is 6.42. The van der Waals surface area contributed by atoms with Gasteiger partial charge in [-0.15, -0.1) is 11.3 Å². The summed E-state index contributed by atoms with van der Waals surface area (Å²) in [7, 11) is 3.94. The molecule has 178 valence electrons. The lowest BCUT2D eigenvalue weighted by molar-refractivity contribution is -0.139. The second-order valence-corrected chi connectivity index (χ2v) is 9.09. The minimum absolute atomic E-state index is 0.0977. The maximum Gasteiger partial charge on any atom is 0.295 e. The maximum atomic E-state index is 13.2. The van der Waals surface area contributed by atoms with E-state index in [1.54, 1.807) is 23.1 Å². The number of Topliss-reactive ketones (excluding diaryl/α,β-unsaturated/α-hetero) is 1. The number of thiophene rings is 1. The van der Waals surface area contributed by atoms with Gasteiger partial charge >= 0.3 is 0 Å². The molecule has 1 atom stereocenters. The summed E-state index contributed by atoms with van der Waals surface area (Å²) in [4.78, 5) is 30.8. The quantitative estimate of drug-likeness (QED) is 0.317. The van der Waals surface area contributed by atoms with Gasteiger partial charge in [0.05, 0.1) is 30.4 Å². The monoisotopic (exact) mass is 472 g/mol. The Kier molecular flexibility index (Phi) is 8.15. The molecule has 1 aromatic carbocycles. The highest BCUT2D eigenvalue weighted by Gasteiger charge is 2.47. The molecule has 2 aromatic rings. The van der Waals surface area contributed by atoms with Crippen LogP contribution in [0.2, 0.25) is 0 Å². The molecule has 8 heteroatoms. The first-order chi connectivity index (χ1) is 15.8. The number of rotatable bonds is 10. The molecule has 1 unspecified atom stereocenters. The lowest BCUT2D eigenvalue weighted by atomic mass is 9.97. The summed E-state index contributed by atoms with van der Waals surface area (Å²) < 4.78 is 11.3. The molecule has 0 aliphatic carbocycles. The molecule has 1 aromatic heterocycles. The van der Waals surface area contributed by atoms with Crippen LogP contribution in [0, 0.1) is 6.92 Å². The highest BCUT2D eigenvalue weighted by molar-refractivity contribution is 7.10. The zero-order chi connectivity index (χ0) is 24.1. The van der Waals surface area contributed by atoms with Crippen LogP contribution in [0.1, 0.15) is 42.3 Å². The Labute approximate surface area is 199 Å². The van der Waals surface area contributed by atoms with Crippen molar-refractivity contribution in [1.82, 2.24) is 9.80 Å². The van der Waals surface area contributed by atoms with E-state index in [4.69, 9.17) is 9.47 Å². The fraction of sp³-hybridized carbons (Fsp3) is 0.440. The van der Waals surface area contributed by atoms with Crippen molar-refractivity contribution in [1.29, 1.82) is 0 Å². The Morgan fingerprint density at radius 1 is 1.15 bits per heavy atom. The molecule has 3 rings (SSSR count). The van der Waals surface area contributed by atoms with Crippen molar-refractivity contribution < 1.29 is 24.2 Å². The molecular weight excluding hydrogens is 440 g/mol. The fourth-order valence-electron chi connectivity index (χ4n) is 3.98. The van der Waals surface area contributed by atoms with Gasteiger partial charge in [-0.25, -0.2) is 0 Å². The van der Waals surface area contributed by atoms with E-state index in [9.17, 15) is 14.7 Å². The summed E-state index contributed by atoms with van der Waals surface area (Å²) in [5.41, 5.74) is 1.44. The standard InChI is InChI=1S/C25H32N2O5S/c1-6-31-17-9-10-18(19(15-17)32-7-2)22(28)20-21(24-16(3)11-14-33-24)27(25(30)23(20)29)13-8-12-26(4)5/h9-11,14-15,21,28H,6-8,12-13H2,1-5H3/b22-20+. The number of nitrogens with zero attached hydrogens (tertiary/aromatic N) is 2. The molecule has 0 saturated carbocycles. The van der Waals surface area contributed by atoms with Gasteiger partial charge in [-0.05, 0) is 77.0 Å². The molecule has 1 saturated heterocycles. The number of aliphatic hydroxyl groups is 1. The van der Waals surface area contributed by atoms with Gasteiger partial charge in [0, 0.05) is 17.5 Å². The van der Waals surface area contributed by atoms with Gasteiger partial charge in [0.25, 0.3) is 11.7 Å². The van der Waals surface area contributed by atoms with Crippen LogP contribution in [-0.4, -0.2) is 67.0 Å². The lowest BCUT2D eigenvalue weighted by Crippen LogP contribution is -2.32. The number of benzene rings is 1. The smallest absolute Gasteiger partial charge is 0.295 e. The normalized spacial score (nSPS) is 17.8. The molecule has 0 spiro atoms. The number of likely N-dealkylation sites (tertiary alicyclic amines) is 1. The summed E-state index contributed by atoms with van der Waals surface area (Å²) in [6.07, 6.45) is 0.717. The SMILES string of the molecule is CCOc1ccc(/C(O)=C2\C(=O)C(=O)N(CCCN(C)C)C2c2sccc2C)c(OCC)c1. The average Bonchev–Trinajstić information content (AvgIpc) is 3.29. The van der Waals surface area contributed by atoms with Crippen molar-refractivity contribution in [3.8, 4) is 11.5 Å². The first-order valence-corrected chi connectivity index (χ1v) is 12.0. The molecule has 0 radical (unpaired) electrons. The van der Waals surface area contributed by atoms with Crippen molar-refractivity contribution in [2.45, 2.75) is 33.2 Å². The zero-order valence-corrected chi connectivity index (χ0v) is 20.7. The van der Waals surface area contributed by atoms with Gasteiger partial charge in [0.2, 0.25) is 0 Å². The molecule has 0 bridgehead atoms. The molecule has 2 heterocycles. The van der Waals surface area contributed by atoms with E-state index < -0.39 is 17.7 Å². The summed E-state index contributed by atoms with van der Waals surface area (Å²) in [6.45, 7) is 7.75. The van der Waals surface area contributed by atoms with Crippen LogP contribution in [0.5, 0.6) is 11.5 Å². The van der Waals surface area contributed by atoms with Crippen LogP contribution in [0.15, 0.2) is 35.2 Å². The van der Waals surface area contributed by atoms with Crippen LogP contribution < -0.4 is 9.47 Å². The number of amides is 1. The second-order valence-electron chi connectivity index (χ2n) is 8.14. The topological polar surface area (TPSA) is 79.3 Å². The average molecular weight is 473 g/mol. The van der Waals surface area contributed by atoms with E-state index in [-0.39, 0.29) is 11.3 Å². The molecule has 1 N–H and O–H groups in total. The third kappa shape index (κ3) is 5.23. The maximum absolute atomic E-state index is 13.2. The van der Waals surface area contributed by atoms with Crippen molar-refractivity contribution in [2.75, 3.05) is 40.4 Å². The molecule has 1 aliphatic heterocycles. The minimum atomic E-state index is -0.675. The molecule has 7 nitrogen and oxygen atoms in total. The van der Waals surface area contributed by atoms with Gasteiger partial charge in [0.15, 0.2) is 0 Å². The van der Waals surface area contributed by atoms with Crippen LogP contribution in [-0.2, 0) is 9.59 Å². The molecular formula is C25H32N2O5S. The van der Waals surface area contributed by atoms with Crippen molar-refractivity contribution >= 4 is 28.8 Å². The fourth-order valence-corrected chi connectivity index (χ4v) is 5.03. The highest BCUT2D eigenvalue weighted by atomic mass is 32.1. The van der Waals surface area contributed by atoms with Gasteiger partial charge < -0.3 is 24.4 Å². The van der Waals surface area contributed by atoms with Crippen LogP contribution in [0.25, 0.3) is 5.76 Å². The predicted octanol–water partition coefficient (Wildman–Crippen LogP) is 4.23. The number of aryl methyl sites for hydroxylation is 1. The second kappa shape index (κ2) is 10.9. The zero-order valence-electron chi connectivity index (χ0n) is 19.9. The number of carbonyl (C=O) groups is 2. The van der Waals surface area contributed by atoms with E-state index in [0.29, 0.717) is 43.2 Å². The van der Waals surface area contributed by atoms with E-state index in [1.807, 2.05) is 51.2 Å². The Morgan fingerprint density at radius 3 is 2.48 bits per heavy atom. The number of ketones is 1. The molecule has 1 amide bonds. The molecule has 33 heavy (non-hydrogen) atoms. The van der Waals surface area contributed by atoms with Gasteiger partial charge in [-0.1, -0.05) is 0 Å². The number of hydrogen-bond donors (Lipinski definition) is 1. The van der Waals surface area contributed by atoms with E-state index >= 15 is 0 Å². The Bertz CT molecular complexity index is 1040. The minimum Gasteiger partial charge on any atom is -0.507 e. The Balaban J connectivity index is 2.12. The Hall–Kier alpha value is -2.84. The van der Waals surface area contributed by atoms with Crippen LogP contribution in [0.3, 0.4) is 0 Å². The summed E-state index contributed by atoms with van der Waals surface area (Å²) >= 11 is 1.48. The van der Waals surface area contributed by atoms with E-state index in [0.717, 1.165) is 17.0 Å². The molecule has 1 fully saturated rings. The van der Waals surface area contributed by atoms with Crippen molar-refractivity contribution in [3.63, 3.8) is 0 Å². The first kappa shape index (κ1) is 24.8. The number of carbonyl (C=O) groups excluding carboxylic acids is 2. The van der Waals surface area contributed by atoms with E-state index in [2.05, 4.69) is 0 Å². The number of ether oxygens (including phenoxy) is 2. The third-order valence-corrected chi connectivity index (χ3v) is 6.58. The van der Waals surface area contributed by atoms with E-state index in [1.165, 1.54) is 11.3 Å².